The van der Waals surface area contributed by atoms with Crippen LogP contribution in [-0.2, 0) is 11.2 Å². The number of amides is 1. The molecule has 1 amide bonds. The Hall–Kier alpha value is -3.41. The Morgan fingerprint density at radius 3 is 2.33 bits per heavy atom. The molecule has 0 bridgehead atoms. The quantitative estimate of drug-likeness (QED) is 0.645. The molecule has 1 aromatic heterocycles. The number of nitrogens with one attached hydrogen (secondary N) is 2. The van der Waals surface area contributed by atoms with Crippen LogP contribution in [-0.4, -0.2) is 17.5 Å². The van der Waals surface area contributed by atoms with Gasteiger partial charge in [0.25, 0.3) is 0 Å². The van der Waals surface area contributed by atoms with Crippen LogP contribution in [0.5, 0.6) is 5.75 Å². The van der Waals surface area contributed by atoms with Crippen molar-refractivity contribution < 1.29 is 13.9 Å². The van der Waals surface area contributed by atoms with Gasteiger partial charge in [-0.2, -0.15) is 0 Å². The number of ether oxygens (including phenoxy) is 1. The van der Waals surface area contributed by atoms with Crippen LogP contribution >= 0.6 is 0 Å². The molecule has 3 rings (SSSR count). The zero-order chi connectivity index (χ0) is 19.1. The van der Waals surface area contributed by atoms with Crippen LogP contribution in [0.2, 0.25) is 0 Å². The van der Waals surface area contributed by atoms with Crippen molar-refractivity contribution in [3.63, 3.8) is 0 Å². The van der Waals surface area contributed by atoms with Crippen LogP contribution in [0.3, 0.4) is 0 Å². The summed E-state index contributed by atoms with van der Waals surface area (Å²) in [6.45, 7) is 2.57. The number of nitrogens with zero attached hydrogens (tertiary/aromatic N) is 1. The summed E-state index contributed by atoms with van der Waals surface area (Å²) in [5, 5.41) is 5.96. The SMILES string of the molecule is CCOc1ccc(Nc2ccc(NC(=O)Cc3ccc(F)cc3)nc2)cc1. The molecule has 0 saturated heterocycles. The second-order valence-corrected chi connectivity index (χ2v) is 5.87. The van der Waals surface area contributed by atoms with Gasteiger partial charge in [-0.1, -0.05) is 12.1 Å². The number of halogens is 1. The third-order valence-electron chi connectivity index (χ3n) is 3.76. The smallest absolute Gasteiger partial charge is 0.229 e. The molecule has 27 heavy (non-hydrogen) atoms. The fourth-order valence-electron chi connectivity index (χ4n) is 2.48. The summed E-state index contributed by atoms with van der Waals surface area (Å²) in [5.74, 6) is 0.748. The van der Waals surface area contributed by atoms with Crippen molar-refractivity contribution in [2.24, 2.45) is 0 Å². The van der Waals surface area contributed by atoms with E-state index in [4.69, 9.17) is 4.74 Å². The van der Waals surface area contributed by atoms with E-state index in [0.717, 1.165) is 22.7 Å². The van der Waals surface area contributed by atoms with Crippen molar-refractivity contribution >= 4 is 23.1 Å². The monoisotopic (exact) mass is 365 g/mol. The summed E-state index contributed by atoms with van der Waals surface area (Å²) in [6.07, 6.45) is 1.80. The van der Waals surface area contributed by atoms with Gasteiger partial charge in [-0.25, -0.2) is 9.37 Å². The maximum atomic E-state index is 12.9. The number of hydrogen-bond donors (Lipinski definition) is 2. The zero-order valence-electron chi connectivity index (χ0n) is 14.9. The summed E-state index contributed by atoms with van der Waals surface area (Å²) in [4.78, 5) is 16.3. The first-order valence-corrected chi connectivity index (χ1v) is 8.62. The number of carbonyl (C=O) groups is 1. The molecule has 0 atom stereocenters. The Labute approximate surface area is 157 Å². The van der Waals surface area contributed by atoms with Crippen LogP contribution in [0.1, 0.15) is 12.5 Å². The molecule has 0 aliphatic carbocycles. The van der Waals surface area contributed by atoms with Crippen LogP contribution in [0.4, 0.5) is 21.6 Å². The summed E-state index contributed by atoms with van der Waals surface area (Å²) in [5.41, 5.74) is 2.45. The van der Waals surface area contributed by atoms with Gasteiger partial charge in [0.2, 0.25) is 5.91 Å². The molecule has 6 heteroatoms. The first kappa shape index (κ1) is 18.4. The number of hydrogen-bond acceptors (Lipinski definition) is 4. The van der Waals surface area contributed by atoms with Gasteiger partial charge in [0.15, 0.2) is 0 Å². The molecule has 0 spiro atoms. The van der Waals surface area contributed by atoms with Crippen molar-refractivity contribution in [3.8, 4) is 5.75 Å². The molecule has 2 N–H and O–H groups in total. The number of pyridine rings is 1. The topological polar surface area (TPSA) is 63.2 Å². The minimum Gasteiger partial charge on any atom is -0.494 e. The average molecular weight is 365 g/mol. The van der Waals surface area contributed by atoms with E-state index in [-0.39, 0.29) is 18.1 Å². The normalized spacial score (nSPS) is 10.3. The lowest BCUT2D eigenvalue weighted by Gasteiger charge is -2.09. The number of aromatic nitrogens is 1. The van der Waals surface area contributed by atoms with E-state index < -0.39 is 0 Å². The number of anilines is 3. The molecule has 0 fully saturated rings. The maximum Gasteiger partial charge on any atom is 0.229 e. The number of carbonyl (C=O) groups excluding carboxylic acids is 1. The van der Waals surface area contributed by atoms with E-state index in [1.165, 1.54) is 12.1 Å². The van der Waals surface area contributed by atoms with Gasteiger partial charge in [-0.3, -0.25) is 4.79 Å². The first-order valence-electron chi connectivity index (χ1n) is 8.62. The van der Waals surface area contributed by atoms with E-state index in [1.807, 2.05) is 37.3 Å². The summed E-state index contributed by atoms with van der Waals surface area (Å²) in [7, 11) is 0. The fraction of sp³-hybridized carbons (Fsp3) is 0.143. The van der Waals surface area contributed by atoms with Crippen LogP contribution in [0.25, 0.3) is 0 Å². The number of benzene rings is 2. The predicted molar refractivity (Wildman–Crippen MR) is 104 cm³/mol. The van der Waals surface area contributed by atoms with Gasteiger partial charge < -0.3 is 15.4 Å². The molecule has 2 aromatic carbocycles. The lowest BCUT2D eigenvalue weighted by Crippen LogP contribution is -2.15. The molecule has 3 aromatic rings. The highest BCUT2D eigenvalue weighted by atomic mass is 19.1. The molecule has 0 saturated carbocycles. The molecule has 138 valence electrons. The fourth-order valence-corrected chi connectivity index (χ4v) is 2.48. The van der Waals surface area contributed by atoms with Gasteiger partial charge in [-0.05, 0) is 61.0 Å². The van der Waals surface area contributed by atoms with Crippen molar-refractivity contribution in [2.45, 2.75) is 13.3 Å². The second kappa shape index (κ2) is 8.80. The largest absolute Gasteiger partial charge is 0.494 e. The van der Waals surface area contributed by atoms with E-state index in [0.29, 0.717) is 12.4 Å². The maximum absolute atomic E-state index is 12.9. The third kappa shape index (κ3) is 5.54. The minimum absolute atomic E-state index is 0.161. The first-order chi connectivity index (χ1) is 13.1. The predicted octanol–water partition coefficient (Wildman–Crippen LogP) is 4.54. The van der Waals surface area contributed by atoms with Crippen molar-refractivity contribution in [3.05, 3.63) is 78.2 Å². The highest BCUT2D eigenvalue weighted by Crippen LogP contribution is 2.20. The third-order valence-corrected chi connectivity index (χ3v) is 3.76. The zero-order valence-corrected chi connectivity index (χ0v) is 14.9. The lowest BCUT2D eigenvalue weighted by atomic mass is 10.1. The van der Waals surface area contributed by atoms with Gasteiger partial charge in [0.05, 0.1) is 24.9 Å². The molecule has 0 aliphatic rings. The van der Waals surface area contributed by atoms with Crippen LogP contribution in [0, 0.1) is 5.82 Å². The molecule has 1 heterocycles. The van der Waals surface area contributed by atoms with E-state index in [1.54, 1.807) is 24.4 Å². The van der Waals surface area contributed by atoms with E-state index >= 15 is 0 Å². The summed E-state index contributed by atoms with van der Waals surface area (Å²) >= 11 is 0. The summed E-state index contributed by atoms with van der Waals surface area (Å²) < 4.78 is 18.3. The molecule has 0 unspecified atom stereocenters. The van der Waals surface area contributed by atoms with E-state index in [2.05, 4.69) is 15.6 Å². The van der Waals surface area contributed by atoms with Crippen LogP contribution < -0.4 is 15.4 Å². The minimum atomic E-state index is -0.323. The molecule has 0 radical (unpaired) electrons. The van der Waals surface area contributed by atoms with Crippen molar-refractivity contribution in [2.75, 3.05) is 17.2 Å². The van der Waals surface area contributed by atoms with Gasteiger partial charge in [0, 0.05) is 5.69 Å². The summed E-state index contributed by atoms with van der Waals surface area (Å²) in [6, 6.07) is 17.0. The van der Waals surface area contributed by atoms with Gasteiger partial charge in [0.1, 0.15) is 17.4 Å². The molecular formula is C21H20FN3O2. The average Bonchev–Trinajstić information content (AvgIpc) is 2.67. The standard InChI is InChI=1S/C21H20FN3O2/c1-2-27-19-10-7-17(8-11-19)24-18-9-12-20(23-14-18)25-21(26)13-15-3-5-16(22)6-4-15/h3-12,14,24H,2,13H2,1H3,(H,23,25,26). The Kier molecular flexibility index (Phi) is 5.99. The second-order valence-electron chi connectivity index (χ2n) is 5.87. The molecular weight excluding hydrogens is 345 g/mol. The Bertz CT molecular complexity index is 879. The van der Waals surface area contributed by atoms with Gasteiger partial charge >= 0.3 is 0 Å². The van der Waals surface area contributed by atoms with Crippen molar-refractivity contribution in [1.82, 2.24) is 4.98 Å². The molecule has 5 nitrogen and oxygen atoms in total. The lowest BCUT2D eigenvalue weighted by molar-refractivity contribution is -0.115. The Morgan fingerprint density at radius 2 is 1.70 bits per heavy atom. The highest BCUT2D eigenvalue weighted by Gasteiger charge is 2.06. The Morgan fingerprint density at radius 1 is 1.00 bits per heavy atom. The highest BCUT2D eigenvalue weighted by molar-refractivity contribution is 5.91. The Balaban J connectivity index is 1.54. The number of rotatable bonds is 7. The van der Waals surface area contributed by atoms with Crippen LogP contribution in [0.15, 0.2) is 66.9 Å². The van der Waals surface area contributed by atoms with E-state index in [9.17, 15) is 9.18 Å². The van der Waals surface area contributed by atoms with Crippen molar-refractivity contribution in [1.29, 1.82) is 0 Å². The molecule has 0 aliphatic heterocycles. The van der Waals surface area contributed by atoms with Gasteiger partial charge in [-0.15, -0.1) is 0 Å².